The van der Waals surface area contributed by atoms with Crippen molar-refractivity contribution in [1.29, 1.82) is 0 Å². The summed E-state index contributed by atoms with van der Waals surface area (Å²) >= 11 is 0. The van der Waals surface area contributed by atoms with Crippen LogP contribution in [0.3, 0.4) is 0 Å². The van der Waals surface area contributed by atoms with Gasteiger partial charge in [0, 0.05) is 6.42 Å². The lowest BCUT2D eigenvalue weighted by Gasteiger charge is -2.26. The maximum atomic E-state index is 12.5. The molecule has 5 nitrogen and oxygen atoms in total. The van der Waals surface area contributed by atoms with Gasteiger partial charge in [-0.2, -0.15) is 0 Å². The average Bonchev–Trinajstić information content (AvgIpc) is 2.47. The fraction of sp³-hybridized carbons (Fsp3) is 0.812. The van der Waals surface area contributed by atoms with E-state index in [2.05, 4.69) is 0 Å². The summed E-state index contributed by atoms with van der Waals surface area (Å²) < 4.78 is 10.0. The highest BCUT2D eigenvalue weighted by molar-refractivity contribution is 6.20. The van der Waals surface area contributed by atoms with Crippen molar-refractivity contribution in [3.63, 3.8) is 0 Å². The highest BCUT2D eigenvalue weighted by atomic mass is 16.6. The van der Waals surface area contributed by atoms with Crippen LogP contribution in [0.25, 0.3) is 0 Å². The molecule has 0 aliphatic carbocycles. The molecule has 1 atom stereocenters. The summed E-state index contributed by atoms with van der Waals surface area (Å²) in [7, 11) is 0. The highest BCUT2D eigenvalue weighted by Crippen LogP contribution is 2.30. The van der Waals surface area contributed by atoms with Crippen molar-refractivity contribution in [3.8, 4) is 0 Å². The number of carbonyl (C=O) groups excluding carboxylic acids is 3. The molecule has 0 rings (SSSR count). The maximum absolute atomic E-state index is 12.5. The summed E-state index contributed by atoms with van der Waals surface area (Å²) in [6.07, 6.45) is 3.42. The number of hydrogen-bond acceptors (Lipinski definition) is 5. The third kappa shape index (κ3) is 5.14. The number of esters is 2. The number of ketones is 1. The van der Waals surface area contributed by atoms with Crippen LogP contribution in [0.2, 0.25) is 0 Å². The Hall–Kier alpha value is -1.39. The third-order valence-electron chi connectivity index (χ3n) is 3.42. The van der Waals surface area contributed by atoms with Crippen LogP contribution >= 0.6 is 0 Å². The zero-order chi connectivity index (χ0) is 16.3. The van der Waals surface area contributed by atoms with E-state index < -0.39 is 23.1 Å². The van der Waals surface area contributed by atoms with E-state index in [0.717, 1.165) is 12.8 Å². The molecule has 0 amide bonds. The fourth-order valence-electron chi connectivity index (χ4n) is 2.12. The maximum Gasteiger partial charge on any atom is 0.331 e. The smallest absolute Gasteiger partial charge is 0.331 e. The SMILES string of the molecule is CCCCCC(=O)C(CC)(C(=O)OCC)C(=O)OCCC. The van der Waals surface area contributed by atoms with Crippen LogP contribution in [0.15, 0.2) is 0 Å². The molecule has 21 heavy (non-hydrogen) atoms. The number of carbonyl (C=O) groups is 3. The molecule has 122 valence electrons. The van der Waals surface area contributed by atoms with E-state index in [9.17, 15) is 14.4 Å². The molecule has 0 aromatic heterocycles. The second-order valence-electron chi connectivity index (χ2n) is 5.00. The Morgan fingerprint density at radius 3 is 1.95 bits per heavy atom. The van der Waals surface area contributed by atoms with E-state index in [1.807, 2.05) is 13.8 Å². The first-order valence-electron chi connectivity index (χ1n) is 7.88. The Morgan fingerprint density at radius 2 is 1.48 bits per heavy atom. The predicted molar refractivity (Wildman–Crippen MR) is 79.8 cm³/mol. The van der Waals surface area contributed by atoms with Gasteiger partial charge in [0.15, 0.2) is 5.78 Å². The summed E-state index contributed by atoms with van der Waals surface area (Å²) in [4.78, 5) is 37.0. The zero-order valence-corrected chi connectivity index (χ0v) is 13.7. The number of rotatable bonds is 11. The van der Waals surface area contributed by atoms with Crippen LogP contribution in [0.1, 0.15) is 66.2 Å². The second kappa shape index (κ2) is 10.4. The van der Waals surface area contributed by atoms with Crippen molar-refractivity contribution in [3.05, 3.63) is 0 Å². The van der Waals surface area contributed by atoms with E-state index in [1.165, 1.54) is 0 Å². The van der Waals surface area contributed by atoms with E-state index in [-0.39, 0.29) is 26.1 Å². The van der Waals surface area contributed by atoms with E-state index >= 15 is 0 Å². The van der Waals surface area contributed by atoms with E-state index in [1.54, 1.807) is 13.8 Å². The minimum absolute atomic E-state index is 0.0688. The average molecular weight is 300 g/mol. The molecule has 0 aliphatic heterocycles. The minimum Gasteiger partial charge on any atom is -0.465 e. The zero-order valence-electron chi connectivity index (χ0n) is 13.7. The molecule has 0 spiro atoms. The van der Waals surface area contributed by atoms with Crippen LogP contribution in [0.5, 0.6) is 0 Å². The molecule has 0 fully saturated rings. The van der Waals surface area contributed by atoms with Gasteiger partial charge in [-0.3, -0.25) is 14.4 Å². The molecule has 0 aliphatic rings. The van der Waals surface area contributed by atoms with Crippen LogP contribution < -0.4 is 0 Å². The van der Waals surface area contributed by atoms with Gasteiger partial charge in [0.2, 0.25) is 5.41 Å². The first-order valence-corrected chi connectivity index (χ1v) is 7.88. The van der Waals surface area contributed by atoms with E-state index in [0.29, 0.717) is 12.8 Å². The van der Waals surface area contributed by atoms with Gasteiger partial charge in [-0.05, 0) is 26.2 Å². The number of ether oxygens (including phenoxy) is 2. The molecule has 0 radical (unpaired) electrons. The largest absolute Gasteiger partial charge is 0.465 e. The fourth-order valence-corrected chi connectivity index (χ4v) is 2.12. The molecule has 0 heterocycles. The van der Waals surface area contributed by atoms with Gasteiger partial charge < -0.3 is 9.47 Å². The molecule has 0 N–H and O–H groups in total. The Morgan fingerprint density at radius 1 is 0.857 bits per heavy atom. The van der Waals surface area contributed by atoms with Crippen molar-refractivity contribution < 1.29 is 23.9 Å². The van der Waals surface area contributed by atoms with Crippen molar-refractivity contribution in [2.45, 2.75) is 66.2 Å². The Labute approximate surface area is 127 Å². The minimum atomic E-state index is -1.79. The monoisotopic (exact) mass is 300 g/mol. The normalized spacial score (nSPS) is 13.3. The molecule has 0 aromatic carbocycles. The van der Waals surface area contributed by atoms with Gasteiger partial charge in [0.1, 0.15) is 0 Å². The number of unbranched alkanes of at least 4 members (excludes halogenated alkanes) is 2. The lowest BCUT2D eigenvalue weighted by Crippen LogP contribution is -2.48. The molecule has 0 saturated heterocycles. The lowest BCUT2D eigenvalue weighted by molar-refractivity contribution is -0.175. The van der Waals surface area contributed by atoms with E-state index in [4.69, 9.17) is 9.47 Å². The summed E-state index contributed by atoms with van der Waals surface area (Å²) in [6.45, 7) is 7.50. The van der Waals surface area contributed by atoms with Crippen molar-refractivity contribution in [1.82, 2.24) is 0 Å². The highest BCUT2D eigenvalue weighted by Gasteiger charge is 2.53. The van der Waals surface area contributed by atoms with Gasteiger partial charge in [-0.1, -0.05) is 33.6 Å². The van der Waals surface area contributed by atoms with Crippen molar-refractivity contribution >= 4 is 17.7 Å². The first kappa shape index (κ1) is 19.6. The molecule has 0 aromatic rings. The van der Waals surface area contributed by atoms with Crippen LogP contribution in [-0.2, 0) is 23.9 Å². The third-order valence-corrected chi connectivity index (χ3v) is 3.42. The second-order valence-corrected chi connectivity index (χ2v) is 5.00. The molecule has 5 heteroatoms. The Balaban J connectivity index is 5.24. The molecular formula is C16H28O5. The summed E-state index contributed by atoms with van der Waals surface area (Å²) in [5, 5.41) is 0. The Kier molecular flexibility index (Phi) is 9.67. The first-order chi connectivity index (χ1) is 10.0. The molecular weight excluding hydrogens is 272 g/mol. The van der Waals surface area contributed by atoms with Crippen LogP contribution in [0.4, 0.5) is 0 Å². The van der Waals surface area contributed by atoms with Gasteiger partial charge in [0.05, 0.1) is 13.2 Å². The van der Waals surface area contributed by atoms with Crippen molar-refractivity contribution in [2.24, 2.45) is 5.41 Å². The quantitative estimate of drug-likeness (QED) is 0.333. The predicted octanol–water partition coefficient (Wildman–Crippen LogP) is 3.05. The van der Waals surface area contributed by atoms with Crippen LogP contribution in [-0.4, -0.2) is 30.9 Å². The topological polar surface area (TPSA) is 69.7 Å². The van der Waals surface area contributed by atoms with Gasteiger partial charge >= 0.3 is 11.9 Å². The molecule has 0 bridgehead atoms. The van der Waals surface area contributed by atoms with Gasteiger partial charge in [-0.15, -0.1) is 0 Å². The van der Waals surface area contributed by atoms with Gasteiger partial charge in [-0.25, -0.2) is 0 Å². The number of Topliss-reactive ketones (excluding diaryl/α,β-unsaturated/α-hetero) is 1. The molecule has 0 saturated carbocycles. The Bertz CT molecular complexity index is 351. The lowest BCUT2D eigenvalue weighted by atomic mass is 9.78. The van der Waals surface area contributed by atoms with Crippen LogP contribution in [0, 0.1) is 5.41 Å². The number of hydrogen-bond donors (Lipinski definition) is 0. The van der Waals surface area contributed by atoms with Gasteiger partial charge in [0.25, 0.3) is 0 Å². The standard InChI is InChI=1S/C16H28O5/c1-5-9-10-11-13(17)16(7-3,14(18)20-8-4)15(19)21-12-6-2/h5-12H2,1-4H3. The summed E-state index contributed by atoms with van der Waals surface area (Å²) in [6, 6.07) is 0. The summed E-state index contributed by atoms with van der Waals surface area (Å²) in [5.74, 6) is -1.94. The molecule has 1 unspecified atom stereocenters. The summed E-state index contributed by atoms with van der Waals surface area (Å²) in [5.41, 5.74) is -1.79. The van der Waals surface area contributed by atoms with Crippen molar-refractivity contribution in [2.75, 3.05) is 13.2 Å².